The molecule has 0 radical (unpaired) electrons. The summed E-state index contributed by atoms with van der Waals surface area (Å²) in [4.78, 5) is 0. The molecule has 0 saturated carbocycles. The molecule has 1 aromatic rings. The number of halogens is 6. The normalized spacial score (nSPS) is 8.69. The summed E-state index contributed by atoms with van der Waals surface area (Å²) in [5.41, 5.74) is 0. The van der Waals surface area contributed by atoms with E-state index in [1.807, 2.05) is 0 Å². The quantitative estimate of drug-likeness (QED) is 0.166. The van der Waals surface area contributed by atoms with Crippen molar-refractivity contribution in [2.75, 3.05) is 0 Å². The first-order chi connectivity index (χ1) is 5.04. The predicted octanol–water partition coefficient (Wildman–Crippen LogP) is -1.19. The van der Waals surface area contributed by atoms with Gasteiger partial charge in [-0.25, -0.2) is 13.2 Å². The number of benzene rings is 1. The summed E-state index contributed by atoms with van der Waals surface area (Å²) >= 11 is 0. The van der Waals surface area contributed by atoms with Gasteiger partial charge < -0.3 is 4.70 Å². The summed E-state index contributed by atoms with van der Waals surface area (Å²) < 4.78 is 59.9. The Labute approximate surface area is 85.3 Å². The van der Waals surface area contributed by atoms with Crippen LogP contribution in [0.5, 0.6) is 0 Å². The maximum Gasteiger partial charge on any atom is 2.00 e. The first kappa shape index (κ1) is 15.1. The number of rotatable bonds is 0. The summed E-state index contributed by atoms with van der Waals surface area (Å²) in [6.07, 6.45) is 0. The van der Waals surface area contributed by atoms with Gasteiger partial charge >= 0.3 is 23.1 Å². The minimum atomic E-state index is -2.17. The van der Waals surface area contributed by atoms with Crippen LogP contribution in [-0.2, 0) is 0 Å². The van der Waals surface area contributed by atoms with Gasteiger partial charge in [-0.2, -0.15) is 0 Å². The smallest absolute Gasteiger partial charge is 1.00 e. The topological polar surface area (TPSA) is 0 Å². The Morgan fingerprint density at radius 1 is 0.692 bits per heavy atom. The first-order valence-corrected chi connectivity index (χ1v) is 2.44. The van der Waals surface area contributed by atoms with Crippen LogP contribution in [0.2, 0.25) is 0 Å². The molecule has 0 saturated heterocycles. The summed E-state index contributed by atoms with van der Waals surface area (Å²) in [6, 6.07) is 1.02. The summed E-state index contributed by atoms with van der Waals surface area (Å²) in [7, 11) is 0. The maximum atomic E-state index is 12.0. The monoisotopic (exact) mass is 210 g/mol. The van der Waals surface area contributed by atoms with E-state index in [4.69, 9.17) is 0 Å². The van der Waals surface area contributed by atoms with Crippen molar-refractivity contribution in [2.45, 2.75) is 0 Å². The molecule has 0 fully saturated rings. The van der Waals surface area contributed by atoms with Crippen molar-refractivity contribution < 1.29 is 26.7 Å². The predicted molar refractivity (Wildman–Crippen MR) is 30.8 cm³/mol. The van der Waals surface area contributed by atoms with Gasteiger partial charge in [0.15, 0.2) is 0 Å². The Hall–Kier alpha value is -0.434. The van der Waals surface area contributed by atoms with Crippen molar-refractivity contribution in [1.29, 1.82) is 0 Å². The van der Waals surface area contributed by atoms with Crippen LogP contribution in [0.4, 0.5) is 22.0 Å². The third-order valence-electron chi connectivity index (χ3n) is 0.990. The van der Waals surface area contributed by atoms with E-state index in [2.05, 4.69) is 0 Å². The van der Waals surface area contributed by atoms with Crippen LogP contribution in [0.15, 0.2) is 0 Å². The zero-order valence-corrected chi connectivity index (χ0v) is 7.39. The molecule has 0 aromatic heterocycles. The second kappa shape index (κ2) is 5.33. The van der Waals surface area contributed by atoms with Crippen LogP contribution >= 0.6 is 0 Å². The van der Waals surface area contributed by atoms with E-state index in [1.54, 1.807) is 0 Å². The molecule has 0 aliphatic rings. The summed E-state index contributed by atoms with van der Waals surface area (Å²) in [5, 5.41) is 0. The van der Waals surface area contributed by atoms with Crippen molar-refractivity contribution in [3.05, 3.63) is 35.2 Å². The molecule has 13 heavy (non-hydrogen) atoms. The van der Waals surface area contributed by atoms with Gasteiger partial charge in [-0.15, -0.1) is 6.07 Å². The average molecular weight is 210 g/mol. The van der Waals surface area contributed by atoms with E-state index < -0.39 is 29.1 Å². The third kappa shape index (κ3) is 2.76. The molecule has 0 amide bonds. The van der Waals surface area contributed by atoms with E-state index in [0.29, 0.717) is 0 Å². The van der Waals surface area contributed by atoms with E-state index in [9.17, 15) is 22.0 Å². The van der Waals surface area contributed by atoms with Crippen LogP contribution < -0.4 is 4.70 Å². The molecule has 1 aromatic carbocycles. The molecule has 0 aliphatic carbocycles. The Balaban J connectivity index is 0. The second-order valence-corrected chi connectivity index (χ2v) is 1.69. The molecule has 1 rings (SSSR count). The molecule has 0 N–H and O–H groups in total. The Morgan fingerprint density at radius 3 is 1.31 bits per heavy atom. The van der Waals surface area contributed by atoms with Crippen molar-refractivity contribution in [2.24, 2.45) is 0 Å². The fourth-order valence-electron chi connectivity index (χ4n) is 0.495. The van der Waals surface area contributed by atoms with Crippen LogP contribution in [0.3, 0.4) is 0 Å². The Morgan fingerprint density at radius 2 is 1.00 bits per heavy atom. The van der Waals surface area contributed by atoms with Crippen LogP contribution in [0, 0.1) is 35.2 Å². The van der Waals surface area contributed by atoms with Gasteiger partial charge in [0.25, 0.3) is 0 Å². The molecule has 7 heteroatoms. The van der Waals surface area contributed by atoms with Gasteiger partial charge in [-0.05, 0) is 0 Å². The van der Waals surface area contributed by atoms with Gasteiger partial charge in [0.1, 0.15) is 0 Å². The van der Waals surface area contributed by atoms with Crippen LogP contribution in [0.1, 0.15) is 0 Å². The van der Waals surface area contributed by atoms with Gasteiger partial charge in [-0.1, -0.05) is 0 Å². The van der Waals surface area contributed by atoms with Crippen molar-refractivity contribution in [1.82, 2.24) is 0 Å². The molecular formula is C6F6Mg. The van der Waals surface area contributed by atoms with E-state index in [1.165, 1.54) is 0 Å². The fourth-order valence-corrected chi connectivity index (χ4v) is 0.495. The molecular weight excluding hydrogens is 210 g/mol. The van der Waals surface area contributed by atoms with Gasteiger partial charge in [0.05, 0.1) is 29.1 Å². The molecule has 0 unspecified atom stereocenters. The Bertz CT molecular complexity index is 273. The first-order valence-electron chi connectivity index (χ1n) is 2.44. The minimum absolute atomic E-state index is 0. The molecule has 0 aliphatic heterocycles. The van der Waals surface area contributed by atoms with Crippen molar-refractivity contribution in [3.63, 3.8) is 0 Å². The van der Waals surface area contributed by atoms with Crippen molar-refractivity contribution >= 4 is 23.1 Å². The standard InChI is InChI=1S/C6F5.FH.Mg/c7-2-1-3(8)5(10)6(11)4(2)9;;/h;1H;/q-1;;+2/p-1. The van der Waals surface area contributed by atoms with E-state index in [-0.39, 0.29) is 27.8 Å². The van der Waals surface area contributed by atoms with E-state index >= 15 is 0 Å². The zero-order valence-electron chi connectivity index (χ0n) is 5.97. The number of hydrogen-bond acceptors (Lipinski definition) is 0. The second-order valence-electron chi connectivity index (χ2n) is 1.69. The zero-order chi connectivity index (χ0) is 8.59. The summed E-state index contributed by atoms with van der Waals surface area (Å²) in [6.45, 7) is 0. The molecule has 0 heterocycles. The van der Waals surface area contributed by atoms with Gasteiger partial charge in [-0.3, -0.25) is 8.78 Å². The van der Waals surface area contributed by atoms with E-state index in [0.717, 1.165) is 6.07 Å². The van der Waals surface area contributed by atoms with Gasteiger partial charge in [0, 0.05) is 0 Å². The summed E-state index contributed by atoms with van der Waals surface area (Å²) in [5.74, 6) is -10.0. The van der Waals surface area contributed by atoms with Crippen LogP contribution in [-0.4, -0.2) is 23.1 Å². The van der Waals surface area contributed by atoms with Crippen LogP contribution in [0.25, 0.3) is 0 Å². The minimum Gasteiger partial charge on any atom is -1.00 e. The molecule has 0 nitrogen and oxygen atoms in total. The van der Waals surface area contributed by atoms with Gasteiger partial charge in [0.2, 0.25) is 0 Å². The Kier molecular flexibility index (Phi) is 6.17. The fraction of sp³-hybridized carbons (Fsp3) is 0. The molecule has 68 valence electrons. The molecule has 0 bridgehead atoms. The molecule has 0 spiro atoms. The van der Waals surface area contributed by atoms with Crippen molar-refractivity contribution in [3.8, 4) is 0 Å². The molecule has 0 atom stereocenters. The average Bonchev–Trinajstić information content (AvgIpc) is 1.97. The third-order valence-corrected chi connectivity index (χ3v) is 0.990. The number of hydrogen-bond donors (Lipinski definition) is 0. The maximum absolute atomic E-state index is 12.0. The SMILES string of the molecule is Fc1[c-]c(F)c(F)c(F)c1F.[F-].[Mg+2]. The largest absolute Gasteiger partial charge is 2.00 e.